The maximum atomic E-state index is 11.9. The van der Waals surface area contributed by atoms with E-state index in [1.165, 1.54) is 16.4 Å². The molecule has 6 nitrogen and oxygen atoms in total. The Morgan fingerprint density at radius 3 is 2.72 bits per heavy atom. The number of benzene rings is 1. The number of rotatable bonds is 4. The van der Waals surface area contributed by atoms with Gasteiger partial charge in [0.15, 0.2) is 0 Å². The molecule has 0 aliphatic heterocycles. The highest BCUT2D eigenvalue weighted by Crippen LogP contribution is 2.20. The van der Waals surface area contributed by atoms with Crippen molar-refractivity contribution < 1.29 is 4.79 Å². The van der Waals surface area contributed by atoms with E-state index < -0.39 is 0 Å². The van der Waals surface area contributed by atoms with Crippen LogP contribution in [0.5, 0.6) is 0 Å². The van der Waals surface area contributed by atoms with Crippen molar-refractivity contribution in [1.29, 1.82) is 0 Å². The summed E-state index contributed by atoms with van der Waals surface area (Å²) in [5, 5.41) is 14.3. The number of nitrogens with zero attached hydrogens (tertiary/aromatic N) is 4. The highest BCUT2D eigenvalue weighted by Gasteiger charge is 2.17. The molecule has 0 saturated heterocycles. The summed E-state index contributed by atoms with van der Waals surface area (Å²) < 4.78 is 1.54. The minimum absolute atomic E-state index is 0.0748. The van der Waals surface area contributed by atoms with E-state index in [-0.39, 0.29) is 11.2 Å². The normalized spacial score (nSPS) is 12.1. The Labute approximate surface area is 109 Å². The lowest BCUT2D eigenvalue weighted by Crippen LogP contribution is -2.22. The number of carbonyl (C=O) groups excluding carboxylic acids is 1. The molecule has 0 saturated carbocycles. The third-order valence-corrected chi connectivity index (χ3v) is 3.40. The second-order valence-corrected chi connectivity index (χ2v) is 5.01. The third-order valence-electron chi connectivity index (χ3n) is 2.27. The Hall–Kier alpha value is -1.89. The number of aromatic nitrogens is 4. The van der Waals surface area contributed by atoms with Crippen LogP contribution in [0.1, 0.15) is 6.92 Å². The molecule has 1 aromatic carbocycles. The minimum Gasteiger partial charge on any atom is -0.325 e. The average Bonchev–Trinajstić information content (AvgIpc) is 2.76. The maximum Gasteiger partial charge on any atom is 0.237 e. The van der Waals surface area contributed by atoms with Crippen LogP contribution in [-0.4, -0.2) is 31.4 Å². The van der Waals surface area contributed by atoms with Crippen LogP contribution in [0.4, 0.5) is 5.69 Å². The summed E-state index contributed by atoms with van der Waals surface area (Å²) in [4.78, 5) is 11.9. The summed E-state index contributed by atoms with van der Waals surface area (Å²) in [5.74, 6) is -0.0748. The first-order valence-electron chi connectivity index (χ1n) is 5.42. The highest BCUT2D eigenvalue weighted by molar-refractivity contribution is 8.00. The second-order valence-electron chi connectivity index (χ2n) is 3.70. The van der Waals surface area contributed by atoms with Gasteiger partial charge in [-0.1, -0.05) is 30.0 Å². The maximum absolute atomic E-state index is 11.9. The minimum atomic E-state index is -0.269. The number of aryl methyl sites for hydroxylation is 1. The summed E-state index contributed by atoms with van der Waals surface area (Å²) in [6.45, 7) is 1.82. The molecule has 0 spiro atoms. The van der Waals surface area contributed by atoms with Crippen molar-refractivity contribution in [1.82, 2.24) is 20.2 Å². The number of nitrogens with one attached hydrogen (secondary N) is 1. The van der Waals surface area contributed by atoms with Crippen LogP contribution in [-0.2, 0) is 11.8 Å². The monoisotopic (exact) mass is 263 g/mol. The van der Waals surface area contributed by atoms with Gasteiger partial charge in [0.2, 0.25) is 11.1 Å². The Bertz CT molecular complexity index is 527. The first-order valence-corrected chi connectivity index (χ1v) is 6.29. The fraction of sp³-hybridized carbons (Fsp3) is 0.273. The van der Waals surface area contributed by atoms with Crippen LogP contribution in [0.3, 0.4) is 0 Å². The van der Waals surface area contributed by atoms with E-state index >= 15 is 0 Å². The molecule has 1 aromatic heterocycles. The predicted molar refractivity (Wildman–Crippen MR) is 69.2 cm³/mol. The van der Waals surface area contributed by atoms with Crippen LogP contribution in [0.15, 0.2) is 35.5 Å². The number of amides is 1. The molecular weight excluding hydrogens is 250 g/mol. The Kier molecular flexibility index (Phi) is 3.93. The van der Waals surface area contributed by atoms with Gasteiger partial charge in [-0.05, 0) is 29.5 Å². The van der Waals surface area contributed by atoms with Crippen molar-refractivity contribution in [2.45, 2.75) is 17.3 Å². The summed E-state index contributed by atoms with van der Waals surface area (Å²) in [7, 11) is 1.74. The summed E-state index contributed by atoms with van der Waals surface area (Å²) >= 11 is 1.32. The van der Waals surface area contributed by atoms with Gasteiger partial charge in [-0.3, -0.25) is 4.79 Å². The van der Waals surface area contributed by atoms with Gasteiger partial charge in [0.25, 0.3) is 0 Å². The largest absolute Gasteiger partial charge is 0.325 e. The third kappa shape index (κ3) is 3.07. The van der Waals surface area contributed by atoms with Gasteiger partial charge in [0, 0.05) is 12.7 Å². The van der Waals surface area contributed by atoms with E-state index in [2.05, 4.69) is 20.8 Å². The molecule has 0 bridgehead atoms. The molecule has 1 N–H and O–H groups in total. The number of tetrazole rings is 1. The molecule has 0 aliphatic rings. The quantitative estimate of drug-likeness (QED) is 0.842. The van der Waals surface area contributed by atoms with Crippen molar-refractivity contribution in [2.75, 3.05) is 5.32 Å². The van der Waals surface area contributed by atoms with Crippen molar-refractivity contribution in [2.24, 2.45) is 7.05 Å². The van der Waals surface area contributed by atoms with Gasteiger partial charge >= 0.3 is 0 Å². The van der Waals surface area contributed by atoms with Crippen LogP contribution < -0.4 is 5.32 Å². The van der Waals surface area contributed by atoms with E-state index in [4.69, 9.17) is 0 Å². The molecule has 0 aliphatic carbocycles. The number of carbonyl (C=O) groups is 1. The van der Waals surface area contributed by atoms with E-state index in [9.17, 15) is 4.79 Å². The fourth-order valence-electron chi connectivity index (χ4n) is 1.30. The topological polar surface area (TPSA) is 72.7 Å². The Balaban J connectivity index is 1.95. The number of anilines is 1. The zero-order valence-corrected chi connectivity index (χ0v) is 10.9. The van der Waals surface area contributed by atoms with Crippen LogP contribution >= 0.6 is 11.8 Å². The SMILES string of the molecule is C[C@H](Sc1nnnn1C)C(=O)Nc1ccccc1. The van der Waals surface area contributed by atoms with E-state index in [1.54, 1.807) is 7.05 Å². The molecule has 7 heteroatoms. The lowest BCUT2D eigenvalue weighted by molar-refractivity contribution is -0.115. The van der Waals surface area contributed by atoms with Gasteiger partial charge in [-0.25, -0.2) is 4.68 Å². The van der Waals surface area contributed by atoms with Gasteiger partial charge < -0.3 is 5.32 Å². The Morgan fingerprint density at radius 2 is 2.11 bits per heavy atom. The molecule has 2 aromatic rings. The molecule has 1 amide bonds. The van der Waals surface area contributed by atoms with Gasteiger partial charge in [-0.2, -0.15) is 0 Å². The standard InChI is InChI=1S/C11H13N5OS/c1-8(18-11-13-14-15-16(11)2)10(17)12-9-6-4-3-5-7-9/h3-8H,1-2H3,(H,12,17)/t8-/m0/s1. The Morgan fingerprint density at radius 1 is 1.39 bits per heavy atom. The fourth-order valence-corrected chi connectivity index (χ4v) is 2.05. The van der Waals surface area contributed by atoms with Gasteiger partial charge in [-0.15, -0.1) is 5.10 Å². The zero-order valence-electron chi connectivity index (χ0n) is 10.1. The highest BCUT2D eigenvalue weighted by atomic mass is 32.2. The lowest BCUT2D eigenvalue weighted by Gasteiger charge is -2.10. The summed E-state index contributed by atoms with van der Waals surface area (Å²) in [6.07, 6.45) is 0. The van der Waals surface area contributed by atoms with E-state index in [0.717, 1.165) is 5.69 Å². The van der Waals surface area contributed by atoms with Crippen LogP contribution in [0.25, 0.3) is 0 Å². The number of thioether (sulfide) groups is 1. The zero-order chi connectivity index (χ0) is 13.0. The van der Waals surface area contributed by atoms with Gasteiger partial charge in [0.05, 0.1) is 5.25 Å². The lowest BCUT2D eigenvalue weighted by atomic mass is 10.3. The summed E-state index contributed by atoms with van der Waals surface area (Å²) in [6, 6.07) is 9.34. The van der Waals surface area contributed by atoms with Crippen molar-refractivity contribution in [3.63, 3.8) is 0 Å². The molecule has 1 heterocycles. The first kappa shape index (κ1) is 12.6. The average molecular weight is 263 g/mol. The molecule has 18 heavy (non-hydrogen) atoms. The number of hydrogen-bond acceptors (Lipinski definition) is 5. The molecule has 0 radical (unpaired) electrons. The smallest absolute Gasteiger partial charge is 0.237 e. The van der Waals surface area contributed by atoms with E-state index in [0.29, 0.717) is 5.16 Å². The predicted octanol–water partition coefficient (Wildman–Crippen LogP) is 1.33. The van der Waals surface area contributed by atoms with Crippen molar-refractivity contribution >= 4 is 23.4 Å². The number of hydrogen-bond donors (Lipinski definition) is 1. The second kappa shape index (κ2) is 5.63. The van der Waals surface area contributed by atoms with Crippen LogP contribution in [0, 0.1) is 0 Å². The molecule has 2 rings (SSSR count). The molecular formula is C11H13N5OS. The van der Waals surface area contributed by atoms with E-state index in [1.807, 2.05) is 37.3 Å². The van der Waals surface area contributed by atoms with Gasteiger partial charge in [0.1, 0.15) is 0 Å². The van der Waals surface area contributed by atoms with Crippen molar-refractivity contribution in [3.8, 4) is 0 Å². The molecule has 0 unspecified atom stereocenters. The van der Waals surface area contributed by atoms with Crippen LogP contribution in [0.2, 0.25) is 0 Å². The summed E-state index contributed by atoms with van der Waals surface area (Å²) in [5.41, 5.74) is 0.783. The molecule has 1 atom stereocenters. The first-order chi connectivity index (χ1) is 8.66. The molecule has 0 fully saturated rings. The molecule has 94 valence electrons. The van der Waals surface area contributed by atoms with Crippen molar-refractivity contribution in [3.05, 3.63) is 30.3 Å². The number of para-hydroxylation sites is 1.